The number of aliphatic carboxylic acids is 1. The molecule has 1 atom stereocenters. The molecular formula is C20H24BrNO2. The van der Waals surface area contributed by atoms with Crippen LogP contribution in [0.5, 0.6) is 0 Å². The second kappa shape index (κ2) is 7.95. The van der Waals surface area contributed by atoms with E-state index in [0.29, 0.717) is 0 Å². The van der Waals surface area contributed by atoms with E-state index in [0.717, 1.165) is 37.2 Å². The second-order valence-corrected chi connectivity index (χ2v) is 6.22. The van der Waals surface area contributed by atoms with Gasteiger partial charge in [-0.3, -0.25) is 4.79 Å². The van der Waals surface area contributed by atoms with Crippen LogP contribution in [0, 0.1) is 5.92 Å². The van der Waals surface area contributed by atoms with Gasteiger partial charge in [-0.05, 0) is 36.6 Å². The van der Waals surface area contributed by atoms with Gasteiger partial charge in [-0.2, -0.15) is 0 Å². The van der Waals surface area contributed by atoms with Gasteiger partial charge in [-0.15, -0.1) is 17.0 Å². The van der Waals surface area contributed by atoms with Crippen LogP contribution >= 0.6 is 17.0 Å². The van der Waals surface area contributed by atoms with E-state index in [2.05, 4.69) is 11.8 Å². The van der Waals surface area contributed by atoms with Crippen LogP contribution in [-0.4, -0.2) is 35.6 Å². The van der Waals surface area contributed by atoms with Gasteiger partial charge in [0.05, 0.1) is 0 Å². The zero-order valence-corrected chi connectivity index (χ0v) is 15.6. The van der Waals surface area contributed by atoms with E-state index in [9.17, 15) is 9.90 Å². The number of hydrogen-bond acceptors (Lipinski definition) is 2. The Hall–Kier alpha value is -1.65. The van der Waals surface area contributed by atoms with Crippen molar-refractivity contribution < 1.29 is 9.90 Å². The molecule has 0 aliphatic carbocycles. The van der Waals surface area contributed by atoms with Gasteiger partial charge < -0.3 is 10.0 Å². The monoisotopic (exact) mass is 389 g/mol. The van der Waals surface area contributed by atoms with Crippen molar-refractivity contribution in [1.29, 1.82) is 0 Å². The van der Waals surface area contributed by atoms with Crippen LogP contribution in [0.2, 0.25) is 0 Å². The Bertz CT molecular complexity index is 620. The smallest absolute Gasteiger partial charge is 0.318 e. The van der Waals surface area contributed by atoms with Crippen molar-refractivity contribution in [2.45, 2.75) is 18.8 Å². The van der Waals surface area contributed by atoms with Crippen molar-refractivity contribution in [3.8, 4) is 0 Å². The highest BCUT2D eigenvalue weighted by Crippen LogP contribution is 2.43. The minimum absolute atomic E-state index is 0. The Morgan fingerprint density at radius 2 is 1.58 bits per heavy atom. The first-order valence-corrected chi connectivity index (χ1v) is 8.26. The number of nitrogens with zero attached hydrogens (tertiary/aromatic N) is 1. The van der Waals surface area contributed by atoms with Gasteiger partial charge in [-0.25, -0.2) is 0 Å². The van der Waals surface area contributed by atoms with Crippen LogP contribution in [0.4, 0.5) is 0 Å². The zero-order valence-electron chi connectivity index (χ0n) is 13.9. The van der Waals surface area contributed by atoms with Crippen LogP contribution in [0.25, 0.3) is 0 Å². The average molecular weight is 390 g/mol. The average Bonchev–Trinajstić information content (AvgIpc) is 3.06. The van der Waals surface area contributed by atoms with E-state index in [1.807, 2.05) is 60.7 Å². The number of carboxylic acids is 1. The molecule has 0 radical (unpaired) electrons. The topological polar surface area (TPSA) is 40.5 Å². The Morgan fingerprint density at radius 1 is 1.08 bits per heavy atom. The molecule has 1 saturated heterocycles. The molecule has 128 valence electrons. The standard InChI is InChI=1S/C20H23NO2.BrH/c1-2-21-14-13-18(15-21)20(19(22)23,16-9-5-3-6-10-16)17-11-7-4-8-12-17;/h3-12,18H,2,13-15H2,1H3,(H,22,23);1H/t18-;/m0./s1. The molecule has 2 aromatic carbocycles. The maximum Gasteiger partial charge on any atom is 0.318 e. The number of carboxylic acid groups (broad SMARTS) is 1. The molecule has 0 spiro atoms. The van der Waals surface area contributed by atoms with E-state index >= 15 is 0 Å². The number of carbonyl (C=O) groups is 1. The van der Waals surface area contributed by atoms with Gasteiger partial charge >= 0.3 is 5.97 Å². The maximum absolute atomic E-state index is 12.6. The molecule has 3 rings (SSSR count). The third-order valence-corrected chi connectivity index (χ3v) is 5.13. The summed E-state index contributed by atoms with van der Waals surface area (Å²) in [5.41, 5.74) is 0.773. The first-order valence-electron chi connectivity index (χ1n) is 8.26. The summed E-state index contributed by atoms with van der Waals surface area (Å²) in [5, 5.41) is 10.3. The van der Waals surface area contributed by atoms with E-state index < -0.39 is 11.4 Å². The van der Waals surface area contributed by atoms with Gasteiger partial charge in [-0.1, -0.05) is 67.6 Å². The fraction of sp³-hybridized carbons (Fsp3) is 0.350. The molecule has 0 bridgehead atoms. The Morgan fingerprint density at radius 3 is 1.96 bits per heavy atom. The maximum atomic E-state index is 12.6. The molecule has 1 heterocycles. The largest absolute Gasteiger partial charge is 0.480 e. The van der Waals surface area contributed by atoms with Crippen LogP contribution in [0.3, 0.4) is 0 Å². The number of halogens is 1. The molecule has 0 amide bonds. The summed E-state index contributed by atoms with van der Waals surface area (Å²) in [6.07, 6.45) is 0.907. The van der Waals surface area contributed by atoms with Crippen LogP contribution < -0.4 is 0 Å². The number of likely N-dealkylation sites (tertiary alicyclic amines) is 1. The molecule has 1 N–H and O–H groups in total. The first-order chi connectivity index (χ1) is 11.2. The Balaban J connectivity index is 0.00000208. The summed E-state index contributed by atoms with van der Waals surface area (Å²) in [6, 6.07) is 19.4. The van der Waals surface area contributed by atoms with Gasteiger partial charge in [0.25, 0.3) is 0 Å². The molecule has 0 aromatic heterocycles. The lowest BCUT2D eigenvalue weighted by molar-refractivity contribution is -0.144. The third-order valence-electron chi connectivity index (χ3n) is 5.13. The predicted molar refractivity (Wildman–Crippen MR) is 102 cm³/mol. The van der Waals surface area contributed by atoms with Crippen LogP contribution in [0.1, 0.15) is 24.5 Å². The lowest BCUT2D eigenvalue weighted by Crippen LogP contribution is -2.45. The van der Waals surface area contributed by atoms with Gasteiger partial charge in [0.1, 0.15) is 5.41 Å². The summed E-state index contributed by atoms with van der Waals surface area (Å²) >= 11 is 0. The first kappa shape index (κ1) is 18.7. The minimum atomic E-state index is -0.980. The van der Waals surface area contributed by atoms with Crippen LogP contribution in [0.15, 0.2) is 60.7 Å². The molecule has 1 aliphatic rings. The minimum Gasteiger partial charge on any atom is -0.480 e. The third kappa shape index (κ3) is 3.13. The summed E-state index contributed by atoms with van der Waals surface area (Å²) in [6.45, 7) is 4.90. The number of benzene rings is 2. The van der Waals surface area contributed by atoms with Gasteiger partial charge in [0.15, 0.2) is 0 Å². The molecule has 1 aliphatic heterocycles. The highest BCUT2D eigenvalue weighted by Gasteiger charge is 2.50. The molecule has 0 saturated carbocycles. The lowest BCUT2D eigenvalue weighted by atomic mass is 9.65. The molecule has 1 fully saturated rings. The predicted octanol–water partition coefficient (Wildman–Crippen LogP) is 3.98. The number of rotatable bonds is 5. The van der Waals surface area contributed by atoms with Crippen molar-refractivity contribution in [2.24, 2.45) is 5.92 Å². The van der Waals surface area contributed by atoms with Crippen molar-refractivity contribution in [3.63, 3.8) is 0 Å². The van der Waals surface area contributed by atoms with Crippen LogP contribution in [-0.2, 0) is 10.2 Å². The van der Waals surface area contributed by atoms with E-state index in [-0.39, 0.29) is 22.9 Å². The SMILES string of the molecule is Br.CCN1CC[C@H](C(C(=O)O)(c2ccccc2)c2ccccc2)C1. The Kier molecular flexibility index (Phi) is 6.19. The fourth-order valence-corrected chi connectivity index (χ4v) is 3.94. The molecule has 3 nitrogen and oxygen atoms in total. The van der Waals surface area contributed by atoms with E-state index in [1.165, 1.54) is 0 Å². The lowest BCUT2D eigenvalue weighted by Gasteiger charge is -2.36. The molecular weight excluding hydrogens is 366 g/mol. The fourth-order valence-electron chi connectivity index (χ4n) is 3.94. The molecule has 24 heavy (non-hydrogen) atoms. The van der Waals surface area contributed by atoms with E-state index in [1.54, 1.807) is 0 Å². The van der Waals surface area contributed by atoms with Gasteiger partial charge in [0, 0.05) is 6.54 Å². The molecule has 0 unspecified atom stereocenters. The normalized spacial score (nSPS) is 18.1. The van der Waals surface area contributed by atoms with Crippen molar-refractivity contribution >= 4 is 23.0 Å². The van der Waals surface area contributed by atoms with E-state index in [4.69, 9.17) is 0 Å². The highest BCUT2D eigenvalue weighted by molar-refractivity contribution is 8.93. The summed E-state index contributed by atoms with van der Waals surface area (Å²) < 4.78 is 0. The highest BCUT2D eigenvalue weighted by atomic mass is 79.9. The zero-order chi connectivity index (χ0) is 16.3. The van der Waals surface area contributed by atoms with Crippen molar-refractivity contribution in [2.75, 3.05) is 19.6 Å². The van der Waals surface area contributed by atoms with Crippen molar-refractivity contribution in [3.05, 3.63) is 71.8 Å². The van der Waals surface area contributed by atoms with Gasteiger partial charge in [0.2, 0.25) is 0 Å². The molecule has 2 aromatic rings. The quantitative estimate of drug-likeness (QED) is 0.840. The summed E-state index contributed by atoms with van der Waals surface area (Å²) in [7, 11) is 0. The summed E-state index contributed by atoms with van der Waals surface area (Å²) in [5.74, 6) is -0.678. The Labute approximate surface area is 154 Å². The van der Waals surface area contributed by atoms with Crippen molar-refractivity contribution in [1.82, 2.24) is 4.90 Å². The summed E-state index contributed by atoms with van der Waals surface area (Å²) in [4.78, 5) is 14.9. The second-order valence-electron chi connectivity index (χ2n) is 6.22. The number of hydrogen-bond donors (Lipinski definition) is 1. The molecule has 4 heteroatoms.